The number of carbonyl (C=O) groups excluding carboxylic acids is 3. The minimum Gasteiger partial charge on any atom is -0.439 e. The number of aromatic nitrogens is 1. The number of imide groups is 1. The molecule has 3 heterocycles. The van der Waals surface area contributed by atoms with E-state index in [1.165, 1.54) is 6.20 Å². The third kappa shape index (κ3) is 2.22. The van der Waals surface area contributed by atoms with Crippen molar-refractivity contribution in [2.24, 2.45) is 5.92 Å². The second kappa shape index (κ2) is 4.92. The van der Waals surface area contributed by atoms with Gasteiger partial charge in [0.2, 0.25) is 0 Å². The maximum Gasteiger partial charge on any atom is 0.417 e. The van der Waals surface area contributed by atoms with Crippen molar-refractivity contribution in [2.45, 2.75) is 0 Å². The fourth-order valence-electron chi connectivity index (χ4n) is 2.34. The fraction of sp³-hybridized carbons (Fsp3) is 0.385. The summed E-state index contributed by atoms with van der Waals surface area (Å²) in [7, 11) is 0. The quantitative estimate of drug-likeness (QED) is 0.783. The van der Waals surface area contributed by atoms with E-state index in [4.69, 9.17) is 0 Å². The highest BCUT2D eigenvalue weighted by Crippen LogP contribution is 2.21. The van der Waals surface area contributed by atoms with Crippen LogP contribution in [0, 0.1) is 5.92 Å². The Morgan fingerprint density at radius 3 is 2.80 bits per heavy atom. The van der Waals surface area contributed by atoms with Crippen LogP contribution >= 0.6 is 0 Å². The summed E-state index contributed by atoms with van der Waals surface area (Å²) in [5.74, 6) is -0.276. The SMILES string of the molecule is O=C(c1cccnc1)N1CC(CN2C(=O)COC2=O)C1. The normalized spacial score (nSPS) is 19.0. The standard InChI is InChI=1S/C13H13N3O4/c17-11-8-20-13(19)16(11)7-9-5-15(6-9)12(18)10-2-1-3-14-4-10/h1-4,9H,5-8H2. The number of cyclic esters (lactones) is 1. The van der Waals surface area contributed by atoms with Gasteiger partial charge in [-0.25, -0.2) is 9.69 Å². The number of hydrogen-bond donors (Lipinski definition) is 0. The minimum absolute atomic E-state index is 0.0790. The van der Waals surface area contributed by atoms with Crippen molar-refractivity contribution in [3.63, 3.8) is 0 Å². The second-order valence-electron chi connectivity index (χ2n) is 4.88. The van der Waals surface area contributed by atoms with Crippen LogP contribution in [0.25, 0.3) is 0 Å². The highest BCUT2D eigenvalue weighted by Gasteiger charge is 2.38. The number of hydrogen-bond acceptors (Lipinski definition) is 5. The van der Waals surface area contributed by atoms with Gasteiger partial charge < -0.3 is 9.64 Å². The highest BCUT2D eigenvalue weighted by molar-refractivity contribution is 5.98. The van der Waals surface area contributed by atoms with E-state index in [0.29, 0.717) is 25.2 Å². The second-order valence-corrected chi connectivity index (χ2v) is 4.88. The molecule has 3 rings (SSSR count). The maximum absolute atomic E-state index is 12.1. The molecule has 0 atom stereocenters. The largest absolute Gasteiger partial charge is 0.439 e. The highest BCUT2D eigenvalue weighted by atomic mass is 16.6. The van der Waals surface area contributed by atoms with Gasteiger partial charge in [0.15, 0.2) is 6.61 Å². The summed E-state index contributed by atoms with van der Waals surface area (Å²) in [6.07, 6.45) is 2.55. The van der Waals surface area contributed by atoms with E-state index in [-0.39, 0.29) is 24.3 Å². The molecule has 2 saturated heterocycles. The number of rotatable bonds is 3. The number of ether oxygens (including phenoxy) is 1. The van der Waals surface area contributed by atoms with Crippen molar-refractivity contribution in [3.8, 4) is 0 Å². The summed E-state index contributed by atoms with van der Waals surface area (Å²) < 4.78 is 4.64. The Morgan fingerprint density at radius 2 is 2.20 bits per heavy atom. The molecule has 0 N–H and O–H groups in total. The van der Waals surface area contributed by atoms with Crippen LogP contribution in [0.5, 0.6) is 0 Å². The van der Waals surface area contributed by atoms with E-state index in [1.54, 1.807) is 23.2 Å². The molecule has 0 spiro atoms. The molecule has 2 aliphatic heterocycles. The number of nitrogens with zero attached hydrogens (tertiary/aromatic N) is 3. The zero-order chi connectivity index (χ0) is 14.1. The molecule has 0 bridgehead atoms. The van der Waals surface area contributed by atoms with E-state index >= 15 is 0 Å². The Balaban J connectivity index is 1.53. The maximum atomic E-state index is 12.1. The third-order valence-corrected chi connectivity index (χ3v) is 3.43. The Bertz CT molecular complexity index is 538. The van der Waals surface area contributed by atoms with Gasteiger partial charge in [-0.15, -0.1) is 0 Å². The van der Waals surface area contributed by atoms with Crippen molar-refractivity contribution in [1.82, 2.24) is 14.8 Å². The Morgan fingerprint density at radius 1 is 1.40 bits per heavy atom. The Hall–Kier alpha value is -2.44. The lowest BCUT2D eigenvalue weighted by atomic mass is 9.98. The summed E-state index contributed by atoms with van der Waals surface area (Å²) >= 11 is 0. The lowest BCUT2D eigenvalue weighted by molar-refractivity contribution is -0.126. The van der Waals surface area contributed by atoms with Gasteiger partial charge in [0.1, 0.15) is 0 Å². The van der Waals surface area contributed by atoms with Crippen LogP contribution in [0.3, 0.4) is 0 Å². The zero-order valence-electron chi connectivity index (χ0n) is 10.7. The summed E-state index contributed by atoms with van der Waals surface area (Å²) in [6.45, 7) is 1.20. The predicted octanol–water partition coefficient (Wildman–Crippen LogP) is 0.132. The van der Waals surface area contributed by atoms with Crippen LogP contribution in [0.1, 0.15) is 10.4 Å². The van der Waals surface area contributed by atoms with Crippen molar-refractivity contribution in [2.75, 3.05) is 26.2 Å². The van der Waals surface area contributed by atoms with Crippen molar-refractivity contribution in [1.29, 1.82) is 0 Å². The van der Waals surface area contributed by atoms with E-state index in [0.717, 1.165) is 4.90 Å². The van der Waals surface area contributed by atoms with Gasteiger partial charge in [-0.1, -0.05) is 0 Å². The molecule has 1 aromatic rings. The molecule has 0 radical (unpaired) electrons. The van der Waals surface area contributed by atoms with Crippen LogP contribution in [0.4, 0.5) is 4.79 Å². The van der Waals surface area contributed by atoms with Crippen LogP contribution < -0.4 is 0 Å². The zero-order valence-corrected chi connectivity index (χ0v) is 10.7. The minimum atomic E-state index is -0.591. The van der Waals surface area contributed by atoms with Gasteiger partial charge in [-0.3, -0.25) is 14.6 Å². The average molecular weight is 275 g/mol. The van der Waals surface area contributed by atoms with Crippen LogP contribution in [-0.2, 0) is 9.53 Å². The molecule has 0 unspecified atom stereocenters. The molecule has 0 aromatic carbocycles. The van der Waals surface area contributed by atoms with Crippen molar-refractivity contribution >= 4 is 17.9 Å². The first-order valence-electron chi connectivity index (χ1n) is 6.31. The monoisotopic (exact) mass is 275 g/mol. The van der Waals surface area contributed by atoms with Gasteiger partial charge in [0.05, 0.1) is 5.56 Å². The first kappa shape index (κ1) is 12.6. The molecule has 2 aliphatic rings. The first-order chi connectivity index (χ1) is 9.65. The average Bonchev–Trinajstić information content (AvgIpc) is 2.73. The summed E-state index contributed by atoms with van der Waals surface area (Å²) in [4.78, 5) is 41.4. The molecular weight excluding hydrogens is 262 g/mol. The lowest BCUT2D eigenvalue weighted by Gasteiger charge is -2.40. The summed E-state index contributed by atoms with van der Waals surface area (Å²) in [5.41, 5.74) is 0.544. The topological polar surface area (TPSA) is 79.8 Å². The van der Waals surface area contributed by atoms with E-state index in [1.807, 2.05) is 0 Å². The Labute approximate surface area is 115 Å². The van der Waals surface area contributed by atoms with Crippen LogP contribution in [0.15, 0.2) is 24.5 Å². The Kier molecular flexibility index (Phi) is 3.09. The van der Waals surface area contributed by atoms with Gasteiger partial charge >= 0.3 is 6.09 Å². The van der Waals surface area contributed by atoms with Gasteiger partial charge in [-0.2, -0.15) is 0 Å². The lowest BCUT2D eigenvalue weighted by Crippen LogP contribution is -2.54. The molecule has 1 aromatic heterocycles. The van der Waals surface area contributed by atoms with E-state index < -0.39 is 6.09 Å². The van der Waals surface area contributed by atoms with Crippen molar-refractivity contribution in [3.05, 3.63) is 30.1 Å². The predicted molar refractivity (Wildman–Crippen MR) is 66.7 cm³/mol. The molecule has 7 heteroatoms. The molecule has 20 heavy (non-hydrogen) atoms. The molecule has 0 saturated carbocycles. The molecule has 2 fully saturated rings. The smallest absolute Gasteiger partial charge is 0.417 e. The number of likely N-dealkylation sites (tertiary alicyclic amines) is 1. The van der Waals surface area contributed by atoms with Crippen LogP contribution in [-0.4, -0.2) is 58.9 Å². The van der Waals surface area contributed by atoms with Gasteiger partial charge in [-0.05, 0) is 12.1 Å². The molecular formula is C13H13N3O4. The molecule has 3 amide bonds. The van der Waals surface area contributed by atoms with Crippen molar-refractivity contribution < 1.29 is 19.1 Å². The van der Waals surface area contributed by atoms with Crippen LogP contribution in [0.2, 0.25) is 0 Å². The third-order valence-electron chi connectivity index (χ3n) is 3.43. The molecule has 104 valence electrons. The molecule has 7 nitrogen and oxygen atoms in total. The summed E-state index contributed by atoms with van der Waals surface area (Å²) in [6, 6.07) is 3.42. The fourth-order valence-corrected chi connectivity index (χ4v) is 2.34. The van der Waals surface area contributed by atoms with E-state index in [2.05, 4.69) is 9.72 Å². The summed E-state index contributed by atoms with van der Waals surface area (Å²) in [5, 5.41) is 0. The number of amides is 3. The van der Waals surface area contributed by atoms with Gasteiger partial charge in [0.25, 0.3) is 11.8 Å². The molecule has 0 aliphatic carbocycles. The van der Waals surface area contributed by atoms with E-state index in [9.17, 15) is 14.4 Å². The first-order valence-corrected chi connectivity index (χ1v) is 6.31. The number of pyridine rings is 1. The number of carbonyl (C=O) groups is 3. The van der Waals surface area contributed by atoms with Gasteiger partial charge in [0, 0.05) is 37.9 Å².